The van der Waals surface area contributed by atoms with E-state index in [-0.39, 0.29) is 0 Å². The van der Waals surface area contributed by atoms with Crippen LogP contribution in [0.25, 0.3) is 0 Å². The zero-order chi connectivity index (χ0) is 19.4. The summed E-state index contributed by atoms with van der Waals surface area (Å²) in [5.41, 5.74) is 0. The van der Waals surface area contributed by atoms with Gasteiger partial charge in [-0.25, -0.2) is 0 Å². The second-order valence-electron chi connectivity index (χ2n) is 9.95. The maximum atomic E-state index is 2.48. The third-order valence-corrected chi connectivity index (χ3v) is 10.5. The van der Waals surface area contributed by atoms with Crippen LogP contribution in [0.4, 0.5) is 0 Å². The monoisotopic (exact) mass is 366 g/mol. The Morgan fingerprint density at radius 3 is 0.880 bits per heavy atom. The van der Waals surface area contributed by atoms with Gasteiger partial charge in [0.05, 0.1) is 0 Å². The van der Waals surface area contributed by atoms with Crippen LogP contribution in [-0.4, -0.2) is 14.1 Å². The summed E-state index contributed by atoms with van der Waals surface area (Å²) >= 11 is -0.671. The lowest BCUT2D eigenvalue weighted by Gasteiger charge is -2.31. The van der Waals surface area contributed by atoms with Crippen molar-refractivity contribution in [2.75, 3.05) is 0 Å². The van der Waals surface area contributed by atoms with Crippen molar-refractivity contribution >= 4 is 14.1 Å². The molecule has 1 heteroatoms. The van der Waals surface area contributed by atoms with Crippen LogP contribution in [0.15, 0.2) is 0 Å². The molecule has 0 amide bonds. The molecular weight excluding hydrogens is 315 g/mol. The van der Waals surface area contributed by atoms with Gasteiger partial charge in [-0.15, -0.1) is 0 Å². The van der Waals surface area contributed by atoms with Crippen LogP contribution < -0.4 is 0 Å². The van der Waals surface area contributed by atoms with Crippen LogP contribution in [0.3, 0.4) is 0 Å². The normalized spacial score (nSPS) is 15.8. The molecule has 0 spiro atoms. The van der Waals surface area contributed by atoms with Gasteiger partial charge in [-0.1, -0.05) is 134 Å². The summed E-state index contributed by atoms with van der Waals surface area (Å²) in [5.74, 6) is 5.61. The van der Waals surface area contributed by atoms with Gasteiger partial charge in [-0.3, -0.25) is 0 Å². The second-order valence-corrected chi connectivity index (χ2v) is 13.1. The van der Waals surface area contributed by atoms with Crippen molar-refractivity contribution in [2.24, 2.45) is 35.5 Å². The first kappa shape index (κ1) is 25.5. The van der Waals surface area contributed by atoms with Crippen molar-refractivity contribution in [3.8, 4) is 0 Å². The standard InChI is InChI=1S/3C8H17.Al/c3*1-5-6-8(4)7(2)3;/h3*7-8H,4-6H2,1-3H3;. The molecule has 0 nitrogen and oxygen atoms in total. The summed E-state index contributed by atoms with van der Waals surface area (Å²) in [6.07, 6.45) is 8.49. The van der Waals surface area contributed by atoms with Gasteiger partial charge in [-0.2, -0.15) is 0 Å². The summed E-state index contributed by atoms with van der Waals surface area (Å²) in [4.78, 5) is 0. The maximum Gasteiger partial charge on any atom is 0.262 e. The molecule has 0 N–H and O–H groups in total. The van der Waals surface area contributed by atoms with Crippen LogP contribution in [0, 0.1) is 35.5 Å². The van der Waals surface area contributed by atoms with Crippen LogP contribution in [0.5, 0.6) is 0 Å². The predicted octanol–water partition coefficient (Wildman–Crippen LogP) is 8.70. The summed E-state index contributed by atoms with van der Waals surface area (Å²) in [5, 5.41) is 4.85. The van der Waals surface area contributed by atoms with E-state index in [4.69, 9.17) is 0 Å². The van der Waals surface area contributed by atoms with E-state index in [0.29, 0.717) is 0 Å². The largest absolute Gasteiger partial charge is 0.262 e. The maximum absolute atomic E-state index is 2.48. The molecule has 0 rings (SSSR count). The van der Waals surface area contributed by atoms with Gasteiger partial charge < -0.3 is 0 Å². The predicted molar refractivity (Wildman–Crippen MR) is 120 cm³/mol. The fourth-order valence-electron chi connectivity index (χ4n) is 4.86. The molecule has 0 saturated heterocycles. The molecule has 0 fully saturated rings. The van der Waals surface area contributed by atoms with Gasteiger partial charge in [0.15, 0.2) is 0 Å². The van der Waals surface area contributed by atoms with Gasteiger partial charge >= 0.3 is 0 Å². The molecule has 0 aromatic carbocycles. The molecule has 0 heterocycles. The SMILES string of the molecule is CCCC([CH2][Al]([CH2]C(CCC)C(C)C)[CH2]C(CCC)C(C)C)C(C)C. The average molecular weight is 367 g/mol. The van der Waals surface area contributed by atoms with Crippen molar-refractivity contribution in [1.82, 2.24) is 0 Å². The molecule has 0 aromatic heterocycles. The highest BCUT2D eigenvalue weighted by Gasteiger charge is 2.30. The minimum absolute atomic E-state index is 0.671. The topological polar surface area (TPSA) is 0 Å². The van der Waals surface area contributed by atoms with Crippen LogP contribution >= 0.6 is 0 Å². The van der Waals surface area contributed by atoms with E-state index in [1.165, 1.54) is 38.5 Å². The van der Waals surface area contributed by atoms with Crippen molar-refractivity contribution in [3.63, 3.8) is 0 Å². The molecule has 3 atom stereocenters. The first-order chi connectivity index (χ1) is 11.8. The van der Waals surface area contributed by atoms with E-state index in [1.54, 1.807) is 15.8 Å². The lowest BCUT2D eigenvalue weighted by atomic mass is 9.92. The van der Waals surface area contributed by atoms with Crippen molar-refractivity contribution < 1.29 is 0 Å². The average Bonchev–Trinajstić information content (AvgIpc) is 2.52. The Kier molecular flexibility index (Phi) is 14.9. The van der Waals surface area contributed by atoms with Gasteiger partial charge in [0.1, 0.15) is 0 Å². The molecule has 0 bridgehead atoms. The quantitative estimate of drug-likeness (QED) is 0.254. The molecule has 3 unspecified atom stereocenters. The fourth-order valence-corrected chi connectivity index (χ4v) is 10.3. The van der Waals surface area contributed by atoms with Gasteiger partial charge in [0.25, 0.3) is 14.1 Å². The van der Waals surface area contributed by atoms with E-state index in [1.807, 2.05) is 0 Å². The van der Waals surface area contributed by atoms with E-state index in [0.717, 1.165) is 35.5 Å². The lowest BCUT2D eigenvalue weighted by molar-refractivity contribution is 0.357. The van der Waals surface area contributed by atoms with E-state index >= 15 is 0 Å². The summed E-state index contributed by atoms with van der Waals surface area (Å²) in [6.45, 7) is 22.0. The van der Waals surface area contributed by atoms with Crippen LogP contribution in [-0.2, 0) is 0 Å². The van der Waals surface area contributed by atoms with Crippen molar-refractivity contribution in [3.05, 3.63) is 0 Å². The highest BCUT2D eigenvalue weighted by atomic mass is 27.2. The van der Waals surface area contributed by atoms with E-state index in [9.17, 15) is 0 Å². The zero-order valence-corrected chi connectivity index (χ0v) is 20.6. The first-order valence-corrected chi connectivity index (χ1v) is 14.2. The zero-order valence-electron chi connectivity index (χ0n) is 19.4. The van der Waals surface area contributed by atoms with E-state index in [2.05, 4.69) is 62.3 Å². The van der Waals surface area contributed by atoms with Gasteiger partial charge in [-0.05, 0) is 17.8 Å². The minimum atomic E-state index is -0.671. The van der Waals surface area contributed by atoms with Crippen molar-refractivity contribution in [2.45, 2.75) is 117 Å². The molecule has 0 aliphatic carbocycles. The summed E-state index contributed by atoms with van der Waals surface area (Å²) < 4.78 is 0. The molecule has 0 aromatic rings. The Balaban J connectivity index is 5.17. The Morgan fingerprint density at radius 1 is 0.480 bits per heavy atom. The molecule has 0 radical (unpaired) electrons. The lowest BCUT2D eigenvalue weighted by Crippen LogP contribution is -2.28. The molecule has 0 aliphatic heterocycles. The first-order valence-electron chi connectivity index (χ1n) is 11.8. The third-order valence-electron chi connectivity index (χ3n) is 6.72. The van der Waals surface area contributed by atoms with Crippen LogP contribution in [0.2, 0.25) is 15.8 Å². The Morgan fingerprint density at radius 2 is 0.720 bits per heavy atom. The van der Waals surface area contributed by atoms with Gasteiger partial charge in [0.2, 0.25) is 0 Å². The minimum Gasteiger partial charge on any atom is -0.0908 e. The number of hydrogen-bond acceptors (Lipinski definition) is 0. The van der Waals surface area contributed by atoms with Gasteiger partial charge in [0, 0.05) is 0 Å². The molecular formula is C24H51Al. The number of rotatable bonds is 15. The molecule has 0 saturated carbocycles. The number of hydrogen-bond donors (Lipinski definition) is 0. The smallest absolute Gasteiger partial charge is 0.0908 e. The summed E-state index contributed by atoms with van der Waals surface area (Å²) in [7, 11) is 0. The molecule has 25 heavy (non-hydrogen) atoms. The van der Waals surface area contributed by atoms with Crippen molar-refractivity contribution in [1.29, 1.82) is 0 Å². The summed E-state index contributed by atoms with van der Waals surface area (Å²) in [6, 6.07) is 0. The Hall–Kier alpha value is 0.532. The fraction of sp³-hybridized carbons (Fsp3) is 1.00. The van der Waals surface area contributed by atoms with Crippen LogP contribution in [0.1, 0.15) is 101 Å². The molecule has 150 valence electrons. The van der Waals surface area contributed by atoms with E-state index < -0.39 is 14.1 Å². The Bertz CT molecular complexity index is 247. The highest BCUT2D eigenvalue weighted by molar-refractivity contribution is 6.59. The molecule has 0 aliphatic rings. The Labute approximate surface area is 166 Å². The third kappa shape index (κ3) is 11.1. The second kappa shape index (κ2) is 14.6. The highest BCUT2D eigenvalue weighted by Crippen LogP contribution is 2.34.